The minimum absolute atomic E-state index is 0.263. The Hall–Kier alpha value is -4.19. The molecule has 0 aliphatic rings. The molecule has 0 radical (unpaired) electrons. The van der Waals surface area contributed by atoms with Gasteiger partial charge in [-0.05, 0) is 35.9 Å². The highest BCUT2D eigenvalue weighted by Gasteiger charge is 2.14. The predicted octanol–water partition coefficient (Wildman–Crippen LogP) is 5.06. The van der Waals surface area contributed by atoms with E-state index in [-0.39, 0.29) is 5.91 Å². The van der Waals surface area contributed by atoms with Crippen LogP contribution in [0.5, 0.6) is 5.75 Å². The number of carbonyl (C=O) groups is 1. The summed E-state index contributed by atoms with van der Waals surface area (Å²) in [5, 5.41) is 6.92. The molecule has 1 N–H and O–H groups in total. The molecule has 1 heterocycles. The minimum atomic E-state index is -0.263. The van der Waals surface area contributed by atoms with Gasteiger partial charge in [-0.1, -0.05) is 59.8 Å². The molecular weight excluding hydrogens is 378 g/mol. The van der Waals surface area contributed by atoms with Crippen molar-refractivity contribution in [3.05, 3.63) is 90.5 Å². The number of ether oxygens (including phenoxy) is 1. The van der Waals surface area contributed by atoms with E-state index in [4.69, 9.17) is 9.26 Å². The fourth-order valence-electron chi connectivity index (χ4n) is 2.88. The number of rotatable bonds is 6. The lowest BCUT2D eigenvalue weighted by atomic mass is 10.1. The lowest BCUT2D eigenvalue weighted by molar-refractivity contribution is -0.111. The molecule has 0 aliphatic heterocycles. The SMILES string of the molecule is COc1ccc(/C=C/C(=O)Nc2ccccc2-c2nc(-c3ccccc3)no2)cc1. The van der Waals surface area contributed by atoms with E-state index in [2.05, 4.69) is 15.5 Å². The minimum Gasteiger partial charge on any atom is -0.497 e. The first-order valence-electron chi connectivity index (χ1n) is 9.34. The molecule has 30 heavy (non-hydrogen) atoms. The van der Waals surface area contributed by atoms with Crippen LogP contribution in [0.15, 0.2) is 89.5 Å². The van der Waals surface area contributed by atoms with Gasteiger partial charge in [0.1, 0.15) is 5.75 Å². The van der Waals surface area contributed by atoms with Gasteiger partial charge in [0.05, 0.1) is 18.4 Å². The van der Waals surface area contributed by atoms with E-state index in [0.717, 1.165) is 16.9 Å². The Bertz CT molecular complexity index is 1170. The molecule has 1 aromatic heterocycles. The van der Waals surface area contributed by atoms with Gasteiger partial charge in [0.15, 0.2) is 0 Å². The van der Waals surface area contributed by atoms with E-state index in [9.17, 15) is 4.79 Å². The van der Waals surface area contributed by atoms with Crippen LogP contribution >= 0.6 is 0 Å². The first-order valence-corrected chi connectivity index (χ1v) is 9.34. The normalized spacial score (nSPS) is 10.8. The highest BCUT2D eigenvalue weighted by Crippen LogP contribution is 2.28. The third-order valence-corrected chi connectivity index (χ3v) is 4.42. The van der Waals surface area contributed by atoms with Crippen LogP contribution in [0.25, 0.3) is 28.9 Å². The number of hydrogen-bond donors (Lipinski definition) is 1. The number of methoxy groups -OCH3 is 1. The Morgan fingerprint density at radius 3 is 2.47 bits per heavy atom. The van der Waals surface area contributed by atoms with Crippen molar-refractivity contribution >= 4 is 17.7 Å². The Labute approximate surface area is 173 Å². The summed E-state index contributed by atoms with van der Waals surface area (Å²) >= 11 is 0. The van der Waals surface area contributed by atoms with Gasteiger partial charge in [-0.25, -0.2) is 0 Å². The van der Waals surface area contributed by atoms with Gasteiger partial charge in [-0.3, -0.25) is 4.79 Å². The molecule has 0 atom stereocenters. The number of para-hydroxylation sites is 1. The lowest BCUT2D eigenvalue weighted by Gasteiger charge is -2.06. The largest absolute Gasteiger partial charge is 0.497 e. The molecule has 6 nitrogen and oxygen atoms in total. The molecule has 4 aromatic rings. The molecule has 0 spiro atoms. The van der Waals surface area contributed by atoms with Crippen LogP contribution < -0.4 is 10.1 Å². The zero-order valence-electron chi connectivity index (χ0n) is 16.3. The second-order valence-corrected chi connectivity index (χ2v) is 6.43. The van der Waals surface area contributed by atoms with Crippen molar-refractivity contribution in [2.24, 2.45) is 0 Å². The van der Waals surface area contributed by atoms with E-state index in [1.807, 2.05) is 72.8 Å². The van der Waals surface area contributed by atoms with Crippen molar-refractivity contribution in [1.29, 1.82) is 0 Å². The second kappa shape index (κ2) is 8.87. The van der Waals surface area contributed by atoms with Crippen LogP contribution in [0.4, 0.5) is 5.69 Å². The van der Waals surface area contributed by atoms with Gasteiger partial charge in [-0.2, -0.15) is 4.98 Å². The number of hydrogen-bond acceptors (Lipinski definition) is 5. The van der Waals surface area contributed by atoms with Crippen molar-refractivity contribution in [2.75, 3.05) is 12.4 Å². The van der Waals surface area contributed by atoms with Crippen molar-refractivity contribution in [2.45, 2.75) is 0 Å². The van der Waals surface area contributed by atoms with Crippen molar-refractivity contribution in [1.82, 2.24) is 10.1 Å². The molecule has 3 aromatic carbocycles. The quantitative estimate of drug-likeness (QED) is 0.460. The van der Waals surface area contributed by atoms with E-state index < -0.39 is 0 Å². The highest BCUT2D eigenvalue weighted by atomic mass is 16.5. The monoisotopic (exact) mass is 397 g/mol. The van der Waals surface area contributed by atoms with Crippen LogP contribution in [0.3, 0.4) is 0 Å². The smallest absolute Gasteiger partial charge is 0.260 e. The van der Waals surface area contributed by atoms with Crippen molar-refractivity contribution < 1.29 is 14.1 Å². The standard InChI is InChI=1S/C24H19N3O3/c1-29-19-14-11-17(12-15-19)13-16-22(28)25-21-10-6-5-9-20(21)24-26-23(27-30-24)18-7-3-2-4-8-18/h2-16H,1H3,(H,25,28)/b16-13+. The molecule has 148 valence electrons. The molecule has 0 unspecified atom stereocenters. The van der Waals surface area contributed by atoms with E-state index >= 15 is 0 Å². The Kier molecular flexibility index (Phi) is 5.66. The fraction of sp³-hybridized carbons (Fsp3) is 0.0417. The maximum atomic E-state index is 12.4. The van der Waals surface area contributed by atoms with Gasteiger partial charge in [-0.15, -0.1) is 0 Å². The topological polar surface area (TPSA) is 77.2 Å². The molecule has 0 saturated heterocycles. The van der Waals surface area contributed by atoms with Crippen molar-refractivity contribution in [3.63, 3.8) is 0 Å². The zero-order valence-corrected chi connectivity index (χ0v) is 16.3. The first kappa shape index (κ1) is 19.1. The van der Waals surface area contributed by atoms with Gasteiger partial charge in [0.25, 0.3) is 5.89 Å². The summed E-state index contributed by atoms with van der Waals surface area (Å²) < 4.78 is 10.6. The summed E-state index contributed by atoms with van der Waals surface area (Å²) in [6.45, 7) is 0. The molecular formula is C24H19N3O3. The van der Waals surface area contributed by atoms with Gasteiger partial charge in [0, 0.05) is 11.6 Å². The summed E-state index contributed by atoms with van der Waals surface area (Å²) in [6, 6.07) is 24.3. The number of amides is 1. The second-order valence-electron chi connectivity index (χ2n) is 6.43. The summed E-state index contributed by atoms with van der Waals surface area (Å²) in [6.07, 6.45) is 3.21. The maximum absolute atomic E-state index is 12.4. The summed E-state index contributed by atoms with van der Waals surface area (Å²) in [7, 11) is 1.61. The Morgan fingerprint density at radius 1 is 0.967 bits per heavy atom. The van der Waals surface area contributed by atoms with Crippen LogP contribution in [-0.4, -0.2) is 23.2 Å². The van der Waals surface area contributed by atoms with Gasteiger partial charge >= 0.3 is 0 Å². The summed E-state index contributed by atoms with van der Waals surface area (Å²) in [4.78, 5) is 16.9. The zero-order chi connectivity index (χ0) is 20.8. The molecule has 1 amide bonds. The van der Waals surface area contributed by atoms with Crippen LogP contribution in [0.2, 0.25) is 0 Å². The first-order chi connectivity index (χ1) is 14.7. The third-order valence-electron chi connectivity index (χ3n) is 4.42. The molecule has 4 rings (SSSR count). The molecule has 0 fully saturated rings. The Balaban J connectivity index is 1.51. The lowest BCUT2D eigenvalue weighted by Crippen LogP contribution is -2.08. The summed E-state index contributed by atoms with van der Waals surface area (Å²) in [5.41, 5.74) is 2.99. The number of aromatic nitrogens is 2. The van der Waals surface area contributed by atoms with Crippen LogP contribution in [0.1, 0.15) is 5.56 Å². The van der Waals surface area contributed by atoms with E-state index in [1.165, 1.54) is 6.08 Å². The number of anilines is 1. The van der Waals surface area contributed by atoms with Crippen molar-refractivity contribution in [3.8, 4) is 28.6 Å². The van der Waals surface area contributed by atoms with Crippen LogP contribution in [0, 0.1) is 0 Å². The molecule has 6 heteroatoms. The summed E-state index contributed by atoms with van der Waals surface area (Å²) in [5.74, 6) is 1.33. The number of benzene rings is 3. The maximum Gasteiger partial charge on any atom is 0.260 e. The average Bonchev–Trinajstić information content (AvgIpc) is 3.29. The van der Waals surface area contributed by atoms with E-state index in [0.29, 0.717) is 23.0 Å². The van der Waals surface area contributed by atoms with Crippen LogP contribution in [-0.2, 0) is 4.79 Å². The third kappa shape index (κ3) is 4.44. The molecule has 0 aliphatic carbocycles. The highest BCUT2D eigenvalue weighted by molar-refractivity contribution is 6.03. The Morgan fingerprint density at radius 2 is 1.70 bits per heavy atom. The predicted molar refractivity (Wildman–Crippen MR) is 116 cm³/mol. The molecule has 0 bridgehead atoms. The number of carbonyl (C=O) groups excluding carboxylic acids is 1. The fourth-order valence-corrected chi connectivity index (χ4v) is 2.88. The number of nitrogens with zero attached hydrogens (tertiary/aromatic N) is 2. The van der Waals surface area contributed by atoms with Gasteiger partial charge in [0.2, 0.25) is 11.7 Å². The number of nitrogens with one attached hydrogen (secondary N) is 1. The average molecular weight is 397 g/mol. The van der Waals surface area contributed by atoms with E-state index in [1.54, 1.807) is 19.3 Å². The molecule has 0 saturated carbocycles. The van der Waals surface area contributed by atoms with Gasteiger partial charge < -0.3 is 14.6 Å².